The van der Waals surface area contributed by atoms with E-state index in [1.807, 2.05) is 24.3 Å². The zero-order valence-corrected chi connectivity index (χ0v) is 53.7. The fraction of sp³-hybridized carbons (Fsp3) is 0.533. The largest absolute Gasteiger partial charge is 0.480 e. The van der Waals surface area contributed by atoms with Crippen LogP contribution >= 0.6 is 0 Å². The third-order valence-corrected chi connectivity index (χ3v) is 15.3. The van der Waals surface area contributed by atoms with Crippen molar-refractivity contribution in [3.63, 3.8) is 0 Å². The number of aromatic nitrogens is 1. The molecule has 0 radical (unpaired) electrons. The van der Waals surface area contributed by atoms with Crippen molar-refractivity contribution < 1.29 is 53.1 Å². The fourth-order valence-corrected chi connectivity index (χ4v) is 9.71. The number of hydrogen-bond donors (Lipinski definition) is 20. The summed E-state index contributed by atoms with van der Waals surface area (Å²) in [6.07, 6.45) is 1.46. The quantitative estimate of drug-likeness (QED) is 0.0144. The second kappa shape index (κ2) is 40.5. The average molecular weight is 1320 g/mol. The number of aliphatic carboxylic acids is 1. The molecule has 94 heavy (non-hydrogen) atoms. The van der Waals surface area contributed by atoms with Crippen molar-refractivity contribution >= 4 is 93.9 Å². The number of aromatic amines is 1. The van der Waals surface area contributed by atoms with Gasteiger partial charge in [-0.05, 0) is 86.8 Å². The Morgan fingerprint density at radius 3 is 1.23 bits per heavy atom. The van der Waals surface area contributed by atoms with Crippen LogP contribution < -0.4 is 99.9 Å². The normalized spacial score (nSPS) is 14.5. The molecule has 9 amide bonds. The first kappa shape index (κ1) is 78.0. The molecule has 1 aromatic heterocycles. The summed E-state index contributed by atoms with van der Waals surface area (Å²) in [4.78, 5) is 159. The summed E-state index contributed by atoms with van der Waals surface area (Å²) >= 11 is 0. The number of fused-ring (bicyclic) bond motifs is 1. The molecule has 30 N–H and O–H groups in total. The predicted octanol–water partition coefficient (Wildman–Crippen LogP) is -4.57. The van der Waals surface area contributed by atoms with Crippen LogP contribution in [0.15, 0.2) is 80.8 Å². The van der Waals surface area contributed by atoms with Crippen LogP contribution in [-0.2, 0) is 60.8 Å². The molecule has 11 atom stereocenters. The summed E-state index contributed by atoms with van der Waals surface area (Å²) < 4.78 is 0. The lowest BCUT2D eigenvalue weighted by Gasteiger charge is -2.30. The highest BCUT2D eigenvalue weighted by Crippen LogP contribution is 2.20. The van der Waals surface area contributed by atoms with Gasteiger partial charge in [0.05, 0.1) is 12.5 Å². The summed E-state index contributed by atoms with van der Waals surface area (Å²) in [6, 6.07) is 3.44. The minimum absolute atomic E-state index is 0.00881. The van der Waals surface area contributed by atoms with Gasteiger partial charge in [0.15, 0.2) is 23.8 Å². The predicted molar refractivity (Wildman–Crippen MR) is 356 cm³/mol. The number of nitrogens with zero attached hydrogens (tertiary/aromatic N) is 4. The van der Waals surface area contributed by atoms with Crippen LogP contribution in [0.3, 0.4) is 0 Å². The number of carbonyl (C=O) groups excluding carboxylic acids is 9. The number of H-pyrrole nitrogens is 1. The lowest BCUT2D eigenvalue weighted by molar-refractivity contribution is -0.142. The van der Waals surface area contributed by atoms with Gasteiger partial charge in [-0.1, -0.05) is 89.1 Å². The maximum absolute atomic E-state index is 14.7. The Kier molecular flexibility index (Phi) is 33.6. The number of nitrogens with one attached hydrogen (secondary N) is 9. The Morgan fingerprint density at radius 2 is 0.809 bits per heavy atom. The molecule has 518 valence electrons. The molecule has 3 rings (SSSR count). The number of guanidine groups is 4. The molecular weight excluding hydrogens is 1220 g/mol. The molecule has 2 aromatic carbocycles. The van der Waals surface area contributed by atoms with Crippen molar-refractivity contribution in [2.45, 2.75) is 166 Å². The van der Waals surface area contributed by atoms with Gasteiger partial charge in [0.2, 0.25) is 53.2 Å². The smallest absolute Gasteiger partial charge is 0.326 e. The first-order valence-corrected chi connectivity index (χ1v) is 31.0. The first-order chi connectivity index (χ1) is 44.5. The summed E-state index contributed by atoms with van der Waals surface area (Å²) in [7, 11) is 0. The van der Waals surface area contributed by atoms with Crippen LogP contribution in [0.1, 0.15) is 109 Å². The van der Waals surface area contributed by atoms with Crippen LogP contribution in [0, 0.1) is 11.8 Å². The van der Waals surface area contributed by atoms with Crippen molar-refractivity contribution in [1.82, 2.24) is 47.5 Å². The molecule has 0 saturated carbocycles. The lowest BCUT2D eigenvalue weighted by Crippen LogP contribution is -2.62. The Labute approximate surface area is 545 Å². The number of aliphatic imine (C=N–C) groups is 4. The van der Waals surface area contributed by atoms with Crippen LogP contribution in [0.25, 0.3) is 10.9 Å². The molecule has 0 bridgehead atoms. The fourth-order valence-electron chi connectivity index (χ4n) is 9.71. The maximum Gasteiger partial charge on any atom is 0.326 e. The van der Waals surface area contributed by atoms with Crippen LogP contribution in [0.4, 0.5) is 0 Å². The highest BCUT2D eigenvalue weighted by atomic mass is 16.4. The zero-order chi connectivity index (χ0) is 70.0. The van der Waals surface area contributed by atoms with Gasteiger partial charge in [0.25, 0.3) is 0 Å². The van der Waals surface area contributed by atoms with E-state index in [1.165, 1.54) is 0 Å². The van der Waals surface area contributed by atoms with Gasteiger partial charge in [-0.3, -0.25) is 63.1 Å². The van der Waals surface area contributed by atoms with E-state index < -0.39 is 132 Å². The SMILES string of the molecule is CC[C@H](C)[C@H](NC(=O)[C@H](CCCN=C(N)N)NC(=O)[C@@H](NC(=O)[C@H](CC(N)=O)NC(=O)[C@H](CCCN=C(N)N)NC(=O)[C@H](Cc1c[nH]c2ccccc12)NC(=O)[C@@H](N)Cc1ccccc1)[C@@H](C)CC)C(=O)N[C@@H](CCCN=C(N)N)C(=O)N[C@@H](CCCN=C(N)N)C(=O)O. The highest BCUT2D eigenvalue weighted by Gasteiger charge is 2.38. The number of carbonyl (C=O) groups is 10. The molecule has 0 aliphatic carbocycles. The number of nitrogens with two attached hydrogens (primary N) is 10. The van der Waals surface area contributed by atoms with Gasteiger partial charge >= 0.3 is 5.97 Å². The molecule has 3 aromatic rings. The molecule has 0 aliphatic rings. The van der Waals surface area contributed by atoms with Crippen molar-refractivity contribution in [2.75, 3.05) is 26.2 Å². The second-order valence-corrected chi connectivity index (χ2v) is 22.8. The van der Waals surface area contributed by atoms with Crippen molar-refractivity contribution in [1.29, 1.82) is 0 Å². The van der Waals surface area contributed by atoms with Crippen molar-refractivity contribution in [2.24, 2.45) is 89.1 Å². The number of primary amides is 1. The van der Waals surface area contributed by atoms with Crippen LogP contribution in [-0.4, -0.2) is 174 Å². The molecule has 0 fully saturated rings. The van der Waals surface area contributed by atoms with Crippen molar-refractivity contribution in [3.05, 3.63) is 71.9 Å². The van der Waals surface area contributed by atoms with Gasteiger partial charge in [0.1, 0.15) is 48.3 Å². The number of hydrogen-bond acceptors (Lipinski definition) is 15. The molecule has 0 aliphatic heterocycles. The number of carboxylic acids is 1. The van der Waals surface area contributed by atoms with Crippen molar-refractivity contribution in [3.8, 4) is 0 Å². The van der Waals surface area contributed by atoms with E-state index >= 15 is 0 Å². The standard InChI is InChI=1S/C60H97N23O11/c1-5-32(3)46(54(91)77-40(21-13-25-72-58(65)66)49(86)79-42(56(93)94)23-15-27-74-60(69)70)82-51(88)41(22-14-26-73-59(67)68)78-55(92)47(33(4)6-2)83-53(90)44(30-45(62)84)81-50(87)39(20-12-24-71-57(63)64)76-52(89)43(29-35-31-75-38-19-11-10-18-36(35)38)80-48(85)37(61)28-34-16-8-7-9-17-34/h7-11,16-19,31-33,37,39-44,46-47,75H,5-6,12-15,20-30,61H2,1-4H3,(H2,62,84)(H,76,89)(H,77,91)(H,78,92)(H,79,86)(H,80,85)(H,81,87)(H,82,88)(H,83,90)(H,93,94)(H4,63,64,71)(H4,65,66,72)(H4,67,68,73)(H4,69,70,74)/t32-,33-,37-,39-,40-,41-,42-,43-,44-,46-,47-/m0/s1. The van der Waals surface area contributed by atoms with Gasteiger partial charge < -0.3 is 110 Å². The van der Waals surface area contributed by atoms with E-state index in [0.717, 1.165) is 16.5 Å². The topological polar surface area (TPSA) is 613 Å². The Morgan fingerprint density at radius 1 is 0.447 bits per heavy atom. The molecule has 0 unspecified atom stereocenters. The molecule has 0 spiro atoms. The number of carboxylic acid groups (broad SMARTS) is 1. The van der Waals surface area contributed by atoms with E-state index in [2.05, 4.69) is 67.5 Å². The monoisotopic (exact) mass is 1320 g/mol. The van der Waals surface area contributed by atoms with Crippen LogP contribution in [0.5, 0.6) is 0 Å². The third-order valence-electron chi connectivity index (χ3n) is 15.3. The Hall–Kier alpha value is -10.3. The first-order valence-electron chi connectivity index (χ1n) is 31.0. The molecule has 0 saturated heterocycles. The molecule has 34 nitrogen and oxygen atoms in total. The number of para-hydroxylation sites is 1. The summed E-state index contributed by atoms with van der Waals surface area (Å²) in [5.74, 6) is -11.8. The van der Waals surface area contributed by atoms with Gasteiger partial charge in [-0.15, -0.1) is 0 Å². The van der Waals surface area contributed by atoms with E-state index in [9.17, 15) is 53.1 Å². The van der Waals surface area contributed by atoms with E-state index in [1.54, 1.807) is 64.2 Å². The summed E-state index contributed by atoms with van der Waals surface area (Å²) in [5, 5.41) is 31.8. The minimum Gasteiger partial charge on any atom is -0.480 e. The number of amides is 9. The zero-order valence-electron chi connectivity index (χ0n) is 53.7. The minimum atomic E-state index is -1.78. The van der Waals surface area contributed by atoms with E-state index in [-0.39, 0.29) is 121 Å². The highest BCUT2D eigenvalue weighted by molar-refractivity contribution is 5.99. The second-order valence-electron chi connectivity index (χ2n) is 22.8. The number of benzene rings is 2. The third kappa shape index (κ3) is 28.1. The number of rotatable bonds is 43. The van der Waals surface area contributed by atoms with E-state index in [4.69, 9.17) is 57.3 Å². The van der Waals surface area contributed by atoms with Gasteiger partial charge in [0, 0.05) is 49.7 Å². The summed E-state index contributed by atoms with van der Waals surface area (Å²) in [5.41, 5.74) is 58.3. The maximum atomic E-state index is 14.7. The van der Waals surface area contributed by atoms with Crippen LogP contribution in [0.2, 0.25) is 0 Å². The summed E-state index contributed by atoms with van der Waals surface area (Å²) in [6.45, 7) is 6.78. The lowest BCUT2D eigenvalue weighted by atomic mass is 9.95. The van der Waals surface area contributed by atoms with Gasteiger partial charge in [-0.25, -0.2) is 4.79 Å². The Bertz CT molecular complexity index is 3120. The molecular formula is C60H97N23O11. The van der Waals surface area contributed by atoms with Gasteiger partial charge in [-0.2, -0.15) is 0 Å². The van der Waals surface area contributed by atoms with E-state index in [0.29, 0.717) is 12.0 Å². The molecule has 1 heterocycles. The Balaban J connectivity index is 1.99. The average Bonchev–Trinajstić information content (AvgIpc) is 1.61. The molecule has 34 heteroatoms.